The fourth-order valence-corrected chi connectivity index (χ4v) is 10.9. The van der Waals surface area contributed by atoms with Crippen molar-refractivity contribution in [2.75, 3.05) is 13.2 Å². The second kappa shape index (κ2) is 68.3. The monoisotopic (exact) mass is 1110 g/mol. The second-order valence-corrected chi connectivity index (χ2v) is 24.2. The zero-order valence-electron chi connectivity index (χ0n) is 53.1. The number of carbonyl (C=O) groups is 2. The van der Waals surface area contributed by atoms with E-state index >= 15 is 0 Å². The highest BCUT2D eigenvalue weighted by Crippen LogP contribution is 2.18. The predicted molar refractivity (Wildman–Crippen MR) is 347 cm³/mol. The maximum atomic E-state index is 12.5. The predicted octanol–water partition coefficient (Wildman–Crippen LogP) is 22.9. The third kappa shape index (κ3) is 64.8. The van der Waals surface area contributed by atoms with E-state index in [1.54, 1.807) is 0 Å². The number of rotatable bonds is 66. The van der Waals surface area contributed by atoms with Crippen LogP contribution in [0.1, 0.15) is 380 Å². The number of unbranched alkanes of at least 4 members (excludes halogenated alkanes) is 47. The highest BCUT2D eigenvalue weighted by Gasteiger charge is 2.20. The van der Waals surface area contributed by atoms with Gasteiger partial charge in [0, 0.05) is 12.8 Å². The molecular formula is C73H137NO5. The van der Waals surface area contributed by atoms with Gasteiger partial charge in [-0.25, -0.2) is 0 Å². The molecule has 6 nitrogen and oxygen atoms in total. The van der Waals surface area contributed by atoms with E-state index in [1.807, 2.05) is 0 Å². The van der Waals surface area contributed by atoms with Crippen LogP contribution in [-0.2, 0) is 14.3 Å². The Morgan fingerprint density at radius 1 is 0.354 bits per heavy atom. The van der Waals surface area contributed by atoms with Gasteiger partial charge in [0.15, 0.2) is 0 Å². The van der Waals surface area contributed by atoms with Crippen LogP contribution in [-0.4, -0.2) is 47.4 Å². The first-order valence-corrected chi connectivity index (χ1v) is 35.4. The minimum absolute atomic E-state index is 0.00197. The fraction of sp³-hybridized carbons (Fsp3) is 0.863. The summed E-state index contributed by atoms with van der Waals surface area (Å²) in [4.78, 5) is 24.6. The first kappa shape index (κ1) is 76.8. The number of carbonyl (C=O) groups excluding carboxylic acids is 2. The van der Waals surface area contributed by atoms with Crippen molar-refractivity contribution in [2.45, 2.75) is 392 Å². The Balaban J connectivity index is 3.43. The Kier molecular flexibility index (Phi) is 66.4. The van der Waals surface area contributed by atoms with Gasteiger partial charge >= 0.3 is 5.97 Å². The Labute approximate surface area is 493 Å². The van der Waals surface area contributed by atoms with Gasteiger partial charge in [-0.3, -0.25) is 9.59 Å². The minimum atomic E-state index is -0.670. The van der Waals surface area contributed by atoms with Crippen molar-refractivity contribution < 1.29 is 24.5 Å². The summed E-state index contributed by atoms with van der Waals surface area (Å²) in [6, 6.07) is -0.548. The molecule has 2 atom stereocenters. The molecule has 0 spiro atoms. The third-order valence-electron chi connectivity index (χ3n) is 16.4. The highest BCUT2D eigenvalue weighted by atomic mass is 16.5. The van der Waals surface area contributed by atoms with Crippen LogP contribution >= 0.6 is 0 Å². The first-order valence-electron chi connectivity index (χ1n) is 35.4. The molecule has 0 aliphatic heterocycles. The molecule has 0 radical (unpaired) electrons. The van der Waals surface area contributed by atoms with Crippen molar-refractivity contribution >= 4 is 11.9 Å². The van der Waals surface area contributed by atoms with Crippen LogP contribution in [0.5, 0.6) is 0 Å². The molecule has 0 aliphatic rings. The molecule has 0 aliphatic carbocycles. The van der Waals surface area contributed by atoms with Crippen molar-refractivity contribution in [1.82, 2.24) is 5.32 Å². The van der Waals surface area contributed by atoms with Gasteiger partial charge < -0.3 is 20.3 Å². The first-order chi connectivity index (χ1) is 39.0. The van der Waals surface area contributed by atoms with Crippen LogP contribution in [0.25, 0.3) is 0 Å². The molecular weight excluding hydrogens is 971 g/mol. The number of esters is 1. The van der Waals surface area contributed by atoms with Gasteiger partial charge in [-0.2, -0.15) is 0 Å². The lowest BCUT2D eigenvalue weighted by Gasteiger charge is -2.22. The van der Waals surface area contributed by atoms with E-state index in [4.69, 9.17) is 4.74 Å². The number of hydrogen-bond donors (Lipinski definition) is 3. The van der Waals surface area contributed by atoms with Crippen LogP contribution in [0.4, 0.5) is 0 Å². The molecule has 0 fully saturated rings. The Bertz CT molecular complexity index is 1320. The normalized spacial score (nSPS) is 12.8. The summed E-state index contributed by atoms with van der Waals surface area (Å²) < 4.78 is 5.49. The number of aliphatic hydroxyl groups is 2. The molecule has 464 valence electrons. The van der Waals surface area contributed by atoms with Crippen molar-refractivity contribution in [1.29, 1.82) is 0 Å². The van der Waals surface area contributed by atoms with E-state index in [2.05, 4.69) is 67.8 Å². The third-order valence-corrected chi connectivity index (χ3v) is 16.4. The summed E-state index contributed by atoms with van der Waals surface area (Å²) in [5.41, 5.74) is 0. The molecule has 79 heavy (non-hydrogen) atoms. The summed E-state index contributed by atoms with van der Waals surface area (Å²) in [7, 11) is 0. The molecule has 2 unspecified atom stereocenters. The average molecular weight is 1110 g/mol. The molecule has 0 aromatic rings. The van der Waals surface area contributed by atoms with E-state index in [0.29, 0.717) is 25.9 Å². The Morgan fingerprint density at radius 3 is 0.975 bits per heavy atom. The number of amides is 1. The minimum Gasteiger partial charge on any atom is -0.466 e. The van der Waals surface area contributed by atoms with Gasteiger partial charge in [0.25, 0.3) is 0 Å². The topological polar surface area (TPSA) is 95.9 Å². The van der Waals surface area contributed by atoms with Crippen molar-refractivity contribution in [3.05, 3.63) is 48.6 Å². The molecule has 3 N–H and O–H groups in total. The van der Waals surface area contributed by atoms with Crippen molar-refractivity contribution in [2.24, 2.45) is 0 Å². The van der Waals surface area contributed by atoms with E-state index in [1.165, 1.54) is 289 Å². The zero-order chi connectivity index (χ0) is 57.1. The highest BCUT2D eigenvalue weighted by molar-refractivity contribution is 5.76. The van der Waals surface area contributed by atoms with Gasteiger partial charge in [-0.1, -0.05) is 326 Å². The molecule has 0 heterocycles. The number of ether oxygens (including phenoxy) is 1. The van der Waals surface area contributed by atoms with Crippen LogP contribution in [0.2, 0.25) is 0 Å². The summed E-state index contributed by atoms with van der Waals surface area (Å²) in [5, 5.41) is 23.4. The Morgan fingerprint density at radius 2 is 0.633 bits per heavy atom. The van der Waals surface area contributed by atoms with Crippen molar-refractivity contribution in [3.63, 3.8) is 0 Å². The summed E-state index contributed by atoms with van der Waals surface area (Å²) >= 11 is 0. The maximum absolute atomic E-state index is 12.5. The lowest BCUT2D eigenvalue weighted by Crippen LogP contribution is -2.45. The van der Waals surface area contributed by atoms with Crippen LogP contribution in [0, 0.1) is 0 Å². The van der Waals surface area contributed by atoms with Crippen LogP contribution < -0.4 is 5.32 Å². The molecule has 0 aromatic carbocycles. The quantitative estimate of drug-likeness (QED) is 0.0320. The van der Waals surface area contributed by atoms with Gasteiger partial charge in [0.1, 0.15) is 0 Å². The molecule has 0 saturated heterocycles. The van der Waals surface area contributed by atoms with Gasteiger partial charge in [0.2, 0.25) is 5.91 Å². The van der Waals surface area contributed by atoms with E-state index in [-0.39, 0.29) is 18.5 Å². The Hall–Kier alpha value is -2.18. The smallest absolute Gasteiger partial charge is 0.305 e. The molecule has 0 saturated carbocycles. The summed E-state index contributed by atoms with van der Waals surface area (Å²) in [5.74, 6) is -0.0363. The van der Waals surface area contributed by atoms with Gasteiger partial charge in [-0.15, -0.1) is 0 Å². The number of aliphatic hydroxyl groups excluding tert-OH is 2. The lowest BCUT2D eigenvalue weighted by atomic mass is 10.0. The molecule has 0 rings (SSSR count). The number of nitrogens with one attached hydrogen (secondary N) is 1. The number of allylic oxidation sites excluding steroid dienone is 8. The van der Waals surface area contributed by atoms with Gasteiger partial charge in [0.05, 0.1) is 25.4 Å². The zero-order valence-corrected chi connectivity index (χ0v) is 53.1. The van der Waals surface area contributed by atoms with Crippen molar-refractivity contribution in [3.8, 4) is 0 Å². The molecule has 6 heteroatoms. The van der Waals surface area contributed by atoms with E-state index in [0.717, 1.165) is 57.8 Å². The van der Waals surface area contributed by atoms with Gasteiger partial charge in [-0.05, 0) is 89.9 Å². The fourth-order valence-electron chi connectivity index (χ4n) is 10.9. The standard InChI is InChI=1S/C73H137NO5/c1-3-5-7-9-11-13-15-17-19-21-30-33-37-41-45-49-53-57-61-65-71(76)70(69-75)74-72(77)66-62-58-54-50-46-42-38-34-31-28-26-24-23-25-27-29-32-36-40-44-48-52-56-60-64-68-79-73(78)67-63-59-55-51-47-43-39-35-22-20-18-16-14-12-10-8-6-4-2/h14,16,20,22,24-27,70-71,75-76H,3-13,15,17-19,21,23,28-69H2,1-2H3,(H,74,77)/b16-14-,22-20-,26-24-,27-25-. The van der Waals surface area contributed by atoms with Crippen LogP contribution in [0.3, 0.4) is 0 Å². The lowest BCUT2D eigenvalue weighted by molar-refractivity contribution is -0.143. The maximum Gasteiger partial charge on any atom is 0.305 e. The molecule has 0 bridgehead atoms. The average Bonchev–Trinajstić information content (AvgIpc) is 3.45. The van der Waals surface area contributed by atoms with E-state index in [9.17, 15) is 19.8 Å². The number of hydrogen-bond acceptors (Lipinski definition) is 5. The second-order valence-electron chi connectivity index (χ2n) is 24.2. The SMILES string of the molecule is CCCCCC/C=C\C/C=C\CCCCCCCCCC(=O)OCCCCCCCCCCC/C=C\C/C=C\CCCCCCCCCCCC(=O)NC(CO)C(O)CCCCCCCCCCCCCCCCCCCCC. The summed E-state index contributed by atoms with van der Waals surface area (Å²) in [6.07, 6.45) is 88.6. The largest absolute Gasteiger partial charge is 0.466 e. The summed E-state index contributed by atoms with van der Waals surface area (Å²) in [6.45, 7) is 4.95. The van der Waals surface area contributed by atoms with Crippen LogP contribution in [0.15, 0.2) is 48.6 Å². The van der Waals surface area contributed by atoms with E-state index < -0.39 is 12.1 Å². The molecule has 1 amide bonds. The molecule has 0 aromatic heterocycles.